The van der Waals surface area contributed by atoms with Crippen molar-refractivity contribution >= 4 is 23.5 Å². The van der Waals surface area contributed by atoms with Crippen LogP contribution in [0, 0.1) is 18.7 Å². The number of ether oxygens (including phenoxy) is 2. The first-order valence-corrected chi connectivity index (χ1v) is 16.2. The minimum absolute atomic E-state index is 0.0141. The summed E-state index contributed by atoms with van der Waals surface area (Å²) >= 11 is 0. The molecule has 9 nitrogen and oxygen atoms in total. The van der Waals surface area contributed by atoms with Crippen LogP contribution < -0.4 is 4.90 Å². The van der Waals surface area contributed by atoms with Crippen molar-refractivity contribution in [2.24, 2.45) is 5.92 Å². The third-order valence-corrected chi connectivity index (χ3v) is 9.64. The predicted octanol–water partition coefficient (Wildman–Crippen LogP) is 5.39. The average Bonchev–Trinajstić information content (AvgIpc) is 3.64. The van der Waals surface area contributed by atoms with Gasteiger partial charge >= 0.3 is 6.03 Å². The molecule has 240 valence electrons. The van der Waals surface area contributed by atoms with Gasteiger partial charge in [0.05, 0.1) is 6.54 Å². The normalized spacial score (nSPS) is 24.0. The number of allylic oxidation sites excluding steroid dienone is 2. The molecule has 0 saturated carbocycles. The molecule has 10 heteroatoms. The Morgan fingerprint density at radius 2 is 1.93 bits per heavy atom. The highest BCUT2D eigenvalue weighted by Crippen LogP contribution is 2.38. The van der Waals surface area contributed by atoms with E-state index in [1.165, 1.54) is 23.6 Å². The van der Waals surface area contributed by atoms with E-state index in [2.05, 4.69) is 24.8 Å². The monoisotopic (exact) mass is 610 g/mol. The largest absolute Gasteiger partial charge is 0.469 e. The number of benzene rings is 1. The van der Waals surface area contributed by atoms with Crippen molar-refractivity contribution < 1.29 is 28.2 Å². The molecular weight excluding hydrogens is 563 g/mol. The lowest BCUT2D eigenvalue weighted by Gasteiger charge is -2.35. The van der Waals surface area contributed by atoms with E-state index < -0.39 is 0 Å². The van der Waals surface area contributed by atoms with E-state index in [4.69, 9.17) is 9.47 Å². The molecule has 1 unspecified atom stereocenters. The highest BCUT2D eigenvalue weighted by molar-refractivity contribution is 5.96. The van der Waals surface area contributed by atoms with Gasteiger partial charge in [0, 0.05) is 57.3 Å². The summed E-state index contributed by atoms with van der Waals surface area (Å²) in [4.78, 5) is 46.3. The van der Waals surface area contributed by atoms with Crippen LogP contribution in [0.15, 0.2) is 41.7 Å². The van der Waals surface area contributed by atoms with Crippen molar-refractivity contribution in [2.45, 2.75) is 90.3 Å². The summed E-state index contributed by atoms with van der Waals surface area (Å²) in [6.45, 7) is 8.19. The number of aryl methyl sites for hydroxylation is 1. The van der Waals surface area contributed by atoms with Crippen molar-refractivity contribution in [3.8, 4) is 0 Å². The van der Waals surface area contributed by atoms with E-state index in [-0.39, 0.29) is 61.1 Å². The summed E-state index contributed by atoms with van der Waals surface area (Å²) in [5.74, 6) is 0.708. The Morgan fingerprint density at radius 3 is 2.66 bits per heavy atom. The molecule has 0 radical (unpaired) electrons. The zero-order valence-electron chi connectivity index (χ0n) is 26.6. The maximum absolute atomic E-state index is 14.3. The first-order valence-electron chi connectivity index (χ1n) is 16.2. The Kier molecular flexibility index (Phi) is 10.4. The lowest BCUT2D eigenvalue weighted by atomic mass is 9.88. The van der Waals surface area contributed by atoms with E-state index in [0.717, 1.165) is 56.5 Å². The fraction of sp³-hybridized carbons (Fsp3) is 0.618. The lowest BCUT2D eigenvalue weighted by Crippen LogP contribution is -2.51. The number of urea groups is 1. The Bertz CT molecular complexity index is 1290. The molecule has 3 atom stereocenters. The number of halogens is 1. The number of amides is 4. The molecule has 1 aromatic carbocycles. The number of nitrogens with zero attached hydrogens (tertiary/aromatic N) is 4. The molecule has 1 aliphatic carbocycles. The first-order chi connectivity index (χ1) is 21.2. The van der Waals surface area contributed by atoms with Crippen LogP contribution in [0.5, 0.6) is 0 Å². The number of carbonyl (C=O) groups excluding carboxylic acids is 3. The fourth-order valence-corrected chi connectivity index (χ4v) is 7.18. The van der Waals surface area contributed by atoms with Gasteiger partial charge in [-0.05, 0) is 68.4 Å². The number of imide groups is 1. The molecule has 3 saturated heterocycles. The Labute approximate surface area is 260 Å². The lowest BCUT2D eigenvalue weighted by molar-refractivity contribution is -0.129. The van der Waals surface area contributed by atoms with Gasteiger partial charge in [-0.2, -0.15) is 0 Å². The van der Waals surface area contributed by atoms with Gasteiger partial charge in [-0.25, -0.2) is 9.18 Å². The van der Waals surface area contributed by atoms with E-state index in [1.807, 2.05) is 11.0 Å². The maximum Gasteiger partial charge on any atom is 0.326 e. The molecule has 0 bridgehead atoms. The zero-order valence-corrected chi connectivity index (χ0v) is 26.6. The van der Waals surface area contributed by atoms with Crippen LogP contribution >= 0.6 is 0 Å². The molecule has 0 aromatic heterocycles. The molecule has 3 fully saturated rings. The van der Waals surface area contributed by atoms with Gasteiger partial charge in [-0.15, -0.1) is 0 Å². The Hall–Kier alpha value is -3.24. The van der Waals surface area contributed by atoms with E-state index >= 15 is 0 Å². The summed E-state index contributed by atoms with van der Waals surface area (Å²) in [5, 5.41) is 0. The molecule has 3 aliphatic heterocycles. The van der Waals surface area contributed by atoms with Crippen molar-refractivity contribution in [3.05, 3.63) is 53.1 Å². The van der Waals surface area contributed by atoms with Gasteiger partial charge in [-0.3, -0.25) is 19.4 Å². The molecule has 3 heterocycles. The summed E-state index contributed by atoms with van der Waals surface area (Å²) in [6, 6.07) is 4.82. The molecule has 44 heavy (non-hydrogen) atoms. The van der Waals surface area contributed by atoms with Gasteiger partial charge in [0.15, 0.2) is 6.79 Å². The molecule has 1 aromatic rings. The molecular formula is C34H47FN4O5. The number of anilines is 1. The summed E-state index contributed by atoms with van der Waals surface area (Å²) in [7, 11) is 1.54. The number of likely N-dealkylation sites (tertiary alicyclic amines) is 1. The van der Waals surface area contributed by atoms with Crippen LogP contribution in [0.3, 0.4) is 0 Å². The van der Waals surface area contributed by atoms with E-state index in [1.54, 1.807) is 24.0 Å². The van der Waals surface area contributed by atoms with Crippen LogP contribution in [-0.2, 0) is 19.1 Å². The fourth-order valence-electron chi connectivity index (χ4n) is 7.18. The topological polar surface area (TPSA) is 82.6 Å². The van der Waals surface area contributed by atoms with Gasteiger partial charge in [0.1, 0.15) is 17.7 Å². The first kappa shape index (κ1) is 32.2. The second-order valence-corrected chi connectivity index (χ2v) is 12.6. The number of hydrogen-bond acceptors (Lipinski definition) is 6. The van der Waals surface area contributed by atoms with Crippen molar-refractivity contribution in [1.29, 1.82) is 0 Å². The van der Waals surface area contributed by atoms with E-state index in [0.29, 0.717) is 31.5 Å². The van der Waals surface area contributed by atoms with Crippen LogP contribution in [0.4, 0.5) is 14.9 Å². The van der Waals surface area contributed by atoms with Crippen molar-refractivity contribution in [1.82, 2.24) is 14.7 Å². The number of hydrogen-bond donors (Lipinski definition) is 0. The van der Waals surface area contributed by atoms with Crippen LogP contribution in [0.2, 0.25) is 0 Å². The third-order valence-electron chi connectivity index (χ3n) is 9.64. The molecule has 0 N–H and O–H groups in total. The quantitative estimate of drug-likeness (QED) is 0.316. The standard InChI is InChI=1S/C34H47FN4O5/c1-5-7-26(8-6-2)39(28-10-11-29(35)23(3)17-28)33(41)21-38-20-25(24-9-12-30-31(19-24)44-22-43-30)18-27(38)13-15-37-16-14-32(40)36(4)34(37)42/h9-12,17,25-27,31H,5-8,13-16,18-22H2,1-4H3/t25-,27+,31?/m1/s1. The zero-order chi connectivity index (χ0) is 31.4. The summed E-state index contributed by atoms with van der Waals surface area (Å²) in [5.41, 5.74) is 2.56. The smallest absolute Gasteiger partial charge is 0.326 e. The molecule has 4 aliphatic rings. The second kappa shape index (κ2) is 14.2. The maximum atomic E-state index is 14.3. The van der Waals surface area contributed by atoms with Crippen LogP contribution in [0.1, 0.15) is 70.8 Å². The minimum atomic E-state index is -0.277. The van der Waals surface area contributed by atoms with Gasteiger partial charge < -0.3 is 19.3 Å². The highest BCUT2D eigenvalue weighted by Gasteiger charge is 2.40. The third kappa shape index (κ3) is 7.01. The number of fused-ring (bicyclic) bond motifs is 1. The SMILES string of the molecule is CCCC(CCC)N(C(=O)CN1C[C@H](C2=CC=C3OCOC3C2)C[C@@H]1CCN1CCC(=O)N(C)C1=O)c1ccc(F)c(C)c1. The Morgan fingerprint density at radius 1 is 1.16 bits per heavy atom. The number of carbonyl (C=O) groups is 3. The minimum Gasteiger partial charge on any atom is -0.469 e. The van der Waals surface area contributed by atoms with Gasteiger partial charge in [-0.1, -0.05) is 38.3 Å². The predicted molar refractivity (Wildman–Crippen MR) is 166 cm³/mol. The second-order valence-electron chi connectivity index (χ2n) is 12.6. The van der Waals surface area contributed by atoms with Crippen LogP contribution in [-0.4, -0.2) is 90.8 Å². The van der Waals surface area contributed by atoms with Crippen molar-refractivity contribution in [3.63, 3.8) is 0 Å². The summed E-state index contributed by atoms with van der Waals surface area (Å²) < 4.78 is 25.6. The average molecular weight is 611 g/mol. The van der Waals surface area contributed by atoms with Crippen LogP contribution in [0.25, 0.3) is 0 Å². The Balaban J connectivity index is 1.37. The van der Waals surface area contributed by atoms with E-state index in [9.17, 15) is 18.8 Å². The van der Waals surface area contributed by atoms with Gasteiger partial charge in [0.25, 0.3) is 0 Å². The molecule has 4 amide bonds. The van der Waals surface area contributed by atoms with Crippen molar-refractivity contribution in [2.75, 3.05) is 44.9 Å². The molecule has 5 rings (SSSR count). The molecule has 0 spiro atoms. The van der Waals surface area contributed by atoms with Gasteiger partial charge in [0.2, 0.25) is 11.8 Å². The summed E-state index contributed by atoms with van der Waals surface area (Å²) in [6.07, 6.45) is 10.4. The number of rotatable bonds is 12. The highest BCUT2D eigenvalue weighted by atomic mass is 19.1.